The number of benzene rings is 6. The Morgan fingerprint density at radius 3 is 1.11 bits per heavy atom. The molecule has 65 heavy (non-hydrogen) atoms. The first-order valence-electron chi connectivity index (χ1n) is 23.7. The normalized spacial score (nSPS) is 11.4. The lowest BCUT2D eigenvalue weighted by atomic mass is 9.94. The number of amides is 1. The zero-order valence-corrected chi connectivity index (χ0v) is 40.7. The molecule has 7 nitrogen and oxygen atoms in total. The number of ether oxygens (including phenoxy) is 4. The lowest BCUT2D eigenvalue weighted by Crippen LogP contribution is -2.33. The molecule has 0 saturated heterocycles. The highest BCUT2D eigenvalue weighted by molar-refractivity contribution is 7.72. The van der Waals surface area contributed by atoms with E-state index < -0.39 is 8.07 Å². The molecule has 0 saturated carbocycles. The predicted octanol–water partition coefficient (Wildman–Crippen LogP) is 14.1. The van der Waals surface area contributed by atoms with Gasteiger partial charge in [-0.3, -0.25) is 4.57 Å². The fourth-order valence-corrected chi connectivity index (χ4v) is 11.3. The Hall–Kier alpha value is -5.78. The van der Waals surface area contributed by atoms with Crippen molar-refractivity contribution in [2.24, 2.45) is 0 Å². The van der Waals surface area contributed by atoms with E-state index in [1.807, 2.05) is 41.0 Å². The van der Waals surface area contributed by atoms with Gasteiger partial charge in [0.15, 0.2) is 0 Å². The van der Waals surface area contributed by atoms with E-state index in [1.165, 1.54) is 33.4 Å². The van der Waals surface area contributed by atoms with Gasteiger partial charge in [0.1, 0.15) is 23.0 Å². The Bertz CT molecular complexity index is 2460. The van der Waals surface area contributed by atoms with Crippen LogP contribution in [0.5, 0.6) is 23.0 Å². The topological polar surface area (TPSA) is 71.0 Å². The Morgan fingerprint density at radius 1 is 0.462 bits per heavy atom. The van der Waals surface area contributed by atoms with Crippen molar-refractivity contribution in [2.45, 2.75) is 105 Å². The quantitative estimate of drug-likeness (QED) is 0.0728. The summed E-state index contributed by atoms with van der Waals surface area (Å²) in [7, 11) is 4.77. The molecule has 0 fully saturated rings. The smallest absolute Gasteiger partial charge is 0.330 e. The average Bonchev–Trinajstić information content (AvgIpc) is 3.67. The third-order valence-corrected chi connectivity index (χ3v) is 14.7. The van der Waals surface area contributed by atoms with Gasteiger partial charge in [0, 0.05) is 10.8 Å². The van der Waals surface area contributed by atoms with Crippen molar-refractivity contribution in [3.8, 4) is 45.3 Å². The van der Waals surface area contributed by atoms with Crippen LogP contribution in [0.1, 0.15) is 101 Å². The second-order valence-electron chi connectivity index (χ2n) is 17.1. The Morgan fingerprint density at radius 2 is 0.800 bits per heavy atom. The van der Waals surface area contributed by atoms with Gasteiger partial charge in [-0.05, 0) is 132 Å². The second kappa shape index (κ2) is 22.4. The maximum absolute atomic E-state index is 15.8. The van der Waals surface area contributed by atoms with Crippen molar-refractivity contribution in [1.29, 1.82) is 0 Å². The first-order valence-corrected chi connectivity index (χ1v) is 25.0. The number of hydrogen-bond acceptors (Lipinski definition) is 5. The van der Waals surface area contributed by atoms with Crippen molar-refractivity contribution >= 4 is 46.5 Å². The van der Waals surface area contributed by atoms with Gasteiger partial charge in [-0.15, -0.1) is 0 Å². The molecule has 7 rings (SSSR count). The summed E-state index contributed by atoms with van der Waals surface area (Å²) in [6.45, 7) is 9.00. The molecule has 1 aromatic heterocycles. The summed E-state index contributed by atoms with van der Waals surface area (Å²) in [6.07, 6.45) is 13.3. The van der Waals surface area contributed by atoms with Crippen LogP contribution in [0.15, 0.2) is 109 Å². The molecule has 0 radical (unpaired) electrons. The summed E-state index contributed by atoms with van der Waals surface area (Å²) >= 11 is 0. The van der Waals surface area contributed by atoms with Gasteiger partial charge in [-0.25, -0.2) is 4.79 Å². The molecule has 1 heterocycles. The number of fused-ring (bicyclic) bond motifs is 3. The molecule has 1 N–H and O–H groups in total. The number of unbranched alkanes of at least 4 members (excludes halogenated alkanes) is 4. The first kappa shape index (κ1) is 47.2. The number of nitrogens with one attached hydrogen (secondary N) is 1. The maximum atomic E-state index is 15.8. The summed E-state index contributed by atoms with van der Waals surface area (Å²) in [5.41, 5.74) is 11.6. The van der Waals surface area contributed by atoms with Gasteiger partial charge in [0.25, 0.3) is 0 Å². The van der Waals surface area contributed by atoms with Crippen LogP contribution in [0.3, 0.4) is 0 Å². The molecular formula is C57H67N2O5P. The molecule has 0 bridgehead atoms. The molecule has 7 aromatic rings. The van der Waals surface area contributed by atoms with E-state index in [4.69, 9.17) is 18.9 Å². The van der Waals surface area contributed by atoms with Crippen LogP contribution < -0.4 is 34.6 Å². The van der Waals surface area contributed by atoms with Crippen LogP contribution in [-0.4, -0.2) is 39.0 Å². The molecule has 6 aromatic carbocycles. The van der Waals surface area contributed by atoms with Crippen LogP contribution in [0.2, 0.25) is 0 Å². The summed E-state index contributed by atoms with van der Waals surface area (Å²) in [4.78, 5) is 15.8. The van der Waals surface area contributed by atoms with Gasteiger partial charge in [-0.2, -0.15) is 0 Å². The van der Waals surface area contributed by atoms with Crippen molar-refractivity contribution < 1.29 is 23.7 Å². The van der Waals surface area contributed by atoms with E-state index in [-0.39, 0.29) is 6.03 Å². The molecule has 8 heteroatoms. The van der Waals surface area contributed by atoms with E-state index in [0.717, 1.165) is 110 Å². The van der Waals surface area contributed by atoms with Crippen LogP contribution in [0, 0.1) is 0 Å². The van der Waals surface area contributed by atoms with E-state index in [2.05, 4.69) is 106 Å². The number of aryl methyl sites for hydroxylation is 4. The van der Waals surface area contributed by atoms with E-state index in [0.29, 0.717) is 33.6 Å². The van der Waals surface area contributed by atoms with Crippen molar-refractivity contribution in [2.75, 3.05) is 28.4 Å². The van der Waals surface area contributed by atoms with Crippen molar-refractivity contribution in [3.05, 3.63) is 131 Å². The first-order chi connectivity index (χ1) is 31.8. The lowest BCUT2D eigenvalue weighted by molar-refractivity contribution is 0.249. The molecule has 0 aliphatic rings. The highest BCUT2D eigenvalue weighted by Gasteiger charge is 2.32. The summed E-state index contributed by atoms with van der Waals surface area (Å²) < 4.78 is 25.9. The second-order valence-corrected chi connectivity index (χ2v) is 18.9. The molecule has 0 atom stereocenters. The average molecular weight is 891 g/mol. The number of carbonyl (C=O) groups is 1. The minimum absolute atomic E-state index is 0.285. The van der Waals surface area contributed by atoms with Gasteiger partial charge in [-0.1, -0.05) is 126 Å². The zero-order valence-electron chi connectivity index (χ0n) is 39.8. The molecule has 0 aliphatic heterocycles. The minimum Gasteiger partial charge on any atom is -0.496 e. The number of rotatable bonds is 21. The van der Waals surface area contributed by atoms with E-state index in [1.54, 1.807) is 28.4 Å². The Balaban J connectivity index is 1.48. The number of methoxy groups -OCH3 is 4. The fraction of sp³-hybridized carbons (Fsp3) is 0.351. The Labute approximate surface area is 388 Å². The molecule has 0 spiro atoms. The molecule has 340 valence electrons. The highest BCUT2D eigenvalue weighted by atomic mass is 31.1. The predicted molar refractivity (Wildman–Crippen MR) is 274 cm³/mol. The van der Waals surface area contributed by atoms with Gasteiger partial charge in [0.2, 0.25) is 0 Å². The minimum atomic E-state index is -1.78. The highest BCUT2D eigenvalue weighted by Crippen LogP contribution is 2.44. The monoisotopic (exact) mass is 890 g/mol. The van der Waals surface area contributed by atoms with Crippen molar-refractivity contribution in [1.82, 2.24) is 9.65 Å². The number of nitrogens with zero attached hydrogens (tertiary/aromatic N) is 1. The summed E-state index contributed by atoms with van der Waals surface area (Å²) in [5.74, 6) is 2.33. The van der Waals surface area contributed by atoms with Gasteiger partial charge in [0.05, 0.1) is 58.2 Å². The van der Waals surface area contributed by atoms with Gasteiger partial charge >= 0.3 is 6.03 Å². The third kappa shape index (κ3) is 10.5. The maximum Gasteiger partial charge on any atom is 0.330 e. The Kier molecular flexibility index (Phi) is 16.3. The van der Waals surface area contributed by atoms with E-state index in [9.17, 15) is 0 Å². The molecule has 0 unspecified atom stereocenters. The number of carbonyl (C=O) groups excluding carboxylic acids is 1. The van der Waals surface area contributed by atoms with E-state index >= 15 is 4.79 Å². The number of hydrogen-bond donors (Lipinski definition) is 1. The van der Waals surface area contributed by atoms with Gasteiger partial charge < -0.3 is 24.0 Å². The van der Waals surface area contributed by atoms with Crippen LogP contribution >= 0.6 is 8.07 Å². The largest absolute Gasteiger partial charge is 0.496 e. The zero-order chi connectivity index (χ0) is 45.9. The molecule has 1 amide bonds. The summed E-state index contributed by atoms with van der Waals surface area (Å²) in [5, 5.41) is 6.98. The standard InChI is InChI=1S/C57H67N2O5P/c1-9-13-19-39-31-40(20-14-10-2)34-45(33-39)43-27-29-47-48-30-28-44(46-35-41(21-15-11-3)32-42(36-46)22-16-12-4)38-50(48)59(49(47)37-43)57(60)58-65(55-51(61-5)23-17-24-52(55)62-6)56-53(63-7)25-18-26-54(56)64-8/h17-18,23-38H,9-16,19-22H2,1-8H3,(H,58,60). The van der Waals surface area contributed by atoms with Crippen LogP contribution in [0.4, 0.5) is 4.79 Å². The van der Waals surface area contributed by atoms with Crippen LogP contribution in [0.25, 0.3) is 44.1 Å². The molecular weight excluding hydrogens is 824 g/mol. The third-order valence-electron chi connectivity index (χ3n) is 12.5. The van der Waals surface area contributed by atoms with Crippen molar-refractivity contribution in [3.63, 3.8) is 0 Å². The number of aromatic nitrogens is 1. The van der Waals surface area contributed by atoms with Crippen LogP contribution in [-0.2, 0) is 25.7 Å². The molecule has 0 aliphatic carbocycles. The lowest BCUT2D eigenvalue weighted by Gasteiger charge is -2.26. The fourth-order valence-electron chi connectivity index (χ4n) is 9.03. The SMILES string of the molecule is CCCCc1cc(CCCC)cc(-c2ccc3c4ccc(-c5cc(CCCC)cc(CCCC)c5)cc4n(C(=O)NP(c4c(OC)cccc4OC)c4c(OC)cccc4OC)c3c2)c1. The summed E-state index contributed by atoms with van der Waals surface area (Å²) in [6, 6.07) is 38.5.